The quantitative estimate of drug-likeness (QED) is 0.510. The molecule has 1 atom stereocenters. The van der Waals surface area contributed by atoms with Crippen LogP contribution in [0.1, 0.15) is 6.92 Å². The van der Waals surface area contributed by atoms with Crippen LogP contribution in [0.5, 0.6) is 0 Å². The van der Waals surface area contributed by atoms with Crippen LogP contribution in [0.4, 0.5) is 4.39 Å². The number of halogens is 1. The second-order valence-electron chi connectivity index (χ2n) is 2.33. The summed E-state index contributed by atoms with van der Waals surface area (Å²) in [7, 11) is 0. The molecule has 0 aliphatic heterocycles. The molecule has 1 aliphatic carbocycles. The summed E-state index contributed by atoms with van der Waals surface area (Å²) in [6.07, 6.45) is 6.07. The van der Waals surface area contributed by atoms with E-state index in [0.717, 1.165) is 5.57 Å². The van der Waals surface area contributed by atoms with Crippen molar-refractivity contribution in [1.82, 2.24) is 0 Å². The van der Waals surface area contributed by atoms with Gasteiger partial charge in [-0.15, -0.1) is 0 Å². The first kappa shape index (κ1) is 7.92. The number of alkyl halides is 1. The van der Waals surface area contributed by atoms with Gasteiger partial charge in [0.2, 0.25) is 0 Å². The fraction of sp³-hybridized carbons (Fsp3) is 0.222. The predicted octanol–water partition coefficient (Wildman–Crippen LogP) is 2.43. The smallest absolute Gasteiger partial charge is 0.187 e. The maximum atomic E-state index is 12.4. The molecule has 1 nitrogen and oxygen atoms in total. The van der Waals surface area contributed by atoms with E-state index in [0.29, 0.717) is 5.71 Å². The van der Waals surface area contributed by atoms with Crippen LogP contribution in [0.2, 0.25) is 0 Å². The van der Waals surface area contributed by atoms with E-state index in [-0.39, 0.29) is 0 Å². The Morgan fingerprint density at radius 3 is 2.64 bits per heavy atom. The van der Waals surface area contributed by atoms with Gasteiger partial charge in [-0.2, -0.15) is 0 Å². The molecule has 11 heavy (non-hydrogen) atoms. The molecule has 0 heterocycles. The van der Waals surface area contributed by atoms with E-state index in [1.54, 1.807) is 12.2 Å². The lowest BCUT2D eigenvalue weighted by atomic mass is 10.1. The minimum absolute atomic E-state index is 0.627. The van der Waals surface area contributed by atoms with Crippen LogP contribution >= 0.6 is 0 Å². The van der Waals surface area contributed by atoms with Gasteiger partial charge in [0.1, 0.15) is 0 Å². The minimum Gasteiger partial charge on any atom is -0.249 e. The molecule has 0 aromatic heterocycles. The standard InChI is InChI=1S/C9H10FN/c1-7-5-3-4-6-9(7)11-8(2)10/h3-6,8H,1H2,2H3/b11-9-. The fourth-order valence-corrected chi connectivity index (χ4v) is 0.828. The van der Waals surface area contributed by atoms with Crippen molar-refractivity contribution >= 4 is 5.71 Å². The van der Waals surface area contributed by atoms with Crippen LogP contribution in [-0.4, -0.2) is 12.0 Å². The average Bonchev–Trinajstić information content (AvgIpc) is 1.93. The van der Waals surface area contributed by atoms with Crippen molar-refractivity contribution in [3.8, 4) is 0 Å². The fourth-order valence-electron chi connectivity index (χ4n) is 0.828. The van der Waals surface area contributed by atoms with E-state index in [2.05, 4.69) is 11.6 Å². The van der Waals surface area contributed by atoms with Crippen molar-refractivity contribution in [3.05, 3.63) is 36.5 Å². The van der Waals surface area contributed by atoms with Gasteiger partial charge in [0.05, 0.1) is 5.71 Å². The minimum atomic E-state index is -1.15. The first-order chi connectivity index (χ1) is 5.20. The van der Waals surface area contributed by atoms with Crippen molar-refractivity contribution in [2.75, 3.05) is 0 Å². The van der Waals surface area contributed by atoms with Gasteiger partial charge in [0.15, 0.2) is 6.30 Å². The van der Waals surface area contributed by atoms with Crippen molar-refractivity contribution in [2.45, 2.75) is 13.2 Å². The molecule has 0 saturated heterocycles. The lowest BCUT2D eigenvalue weighted by Gasteiger charge is -2.04. The third kappa shape index (κ3) is 2.15. The third-order valence-corrected chi connectivity index (χ3v) is 1.31. The molecular weight excluding hydrogens is 141 g/mol. The maximum absolute atomic E-state index is 12.4. The number of nitrogens with zero attached hydrogens (tertiary/aromatic N) is 1. The molecule has 0 aromatic carbocycles. The highest BCUT2D eigenvalue weighted by molar-refractivity contribution is 6.11. The summed E-state index contributed by atoms with van der Waals surface area (Å²) in [6.45, 7) is 5.11. The van der Waals surface area contributed by atoms with E-state index in [9.17, 15) is 4.39 Å². The van der Waals surface area contributed by atoms with E-state index in [4.69, 9.17) is 0 Å². The Kier molecular flexibility index (Phi) is 2.36. The summed E-state index contributed by atoms with van der Waals surface area (Å²) < 4.78 is 12.4. The zero-order valence-electron chi connectivity index (χ0n) is 6.42. The van der Waals surface area contributed by atoms with Gasteiger partial charge < -0.3 is 0 Å². The molecule has 0 N–H and O–H groups in total. The molecule has 1 unspecified atom stereocenters. The Morgan fingerprint density at radius 2 is 2.09 bits per heavy atom. The zero-order chi connectivity index (χ0) is 8.27. The Balaban J connectivity index is 2.81. The number of hydrogen-bond acceptors (Lipinski definition) is 1. The van der Waals surface area contributed by atoms with Crippen molar-refractivity contribution in [1.29, 1.82) is 0 Å². The van der Waals surface area contributed by atoms with Crippen molar-refractivity contribution in [2.24, 2.45) is 4.99 Å². The van der Waals surface area contributed by atoms with Crippen LogP contribution in [0.25, 0.3) is 0 Å². The van der Waals surface area contributed by atoms with Gasteiger partial charge >= 0.3 is 0 Å². The summed E-state index contributed by atoms with van der Waals surface area (Å²) >= 11 is 0. The van der Waals surface area contributed by atoms with Gasteiger partial charge in [0.25, 0.3) is 0 Å². The Hall–Kier alpha value is -1.18. The molecule has 0 bridgehead atoms. The summed E-state index contributed by atoms with van der Waals surface area (Å²) in [5, 5.41) is 0. The van der Waals surface area contributed by atoms with Crippen molar-refractivity contribution < 1.29 is 4.39 Å². The molecule has 0 saturated carbocycles. The van der Waals surface area contributed by atoms with E-state index in [1.165, 1.54) is 6.92 Å². The molecule has 0 fully saturated rings. The highest BCUT2D eigenvalue weighted by atomic mass is 19.1. The predicted molar refractivity (Wildman–Crippen MR) is 45.4 cm³/mol. The first-order valence-corrected chi connectivity index (χ1v) is 3.46. The second kappa shape index (κ2) is 3.28. The Bertz CT molecular complexity index is 246. The molecule has 1 aliphatic rings. The highest BCUT2D eigenvalue weighted by Crippen LogP contribution is 2.07. The topological polar surface area (TPSA) is 12.4 Å². The van der Waals surface area contributed by atoms with Crippen LogP contribution < -0.4 is 0 Å². The van der Waals surface area contributed by atoms with Crippen molar-refractivity contribution in [3.63, 3.8) is 0 Å². The number of hydrogen-bond donors (Lipinski definition) is 0. The summed E-state index contributed by atoms with van der Waals surface area (Å²) in [5.41, 5.74) is 1.39. The maximum Gasteiger partial charge on any atom is 0.187 e. The monoisotopic (exact) mass is 151 g/mol. The van der Waals surface area contributed by atoms with Crippen LogP contribution in [0.15, 0.2) is 41.4 Å². The Morgan fingerprint density at radius 1 is 1.45 bits per heavy atom. The van der Waals surface area contributed by atoms with Gasteiger partial charge in [-0.3, -0.25) is 0 Å². The SMILES string of the molecule is C=C1C=CC=C/C1=N/C(C)F. The molecule has 0 radical (unpaired) electrons. The molecule has 0 amide bonds. The number of allylic oxidation sites excluding steroid dienone is 5. The second-order valence-corrected chi connectivity index (χ2v) is 2.33. The molecule has 58 valence electrons. The highest BCUT2D eigenvalue weighted by Gasteiger charge is 2.02. The lowest BCUT2D eigenvalue weighted by Crippen LogP contribution is -2.02. The number of rotatable bonds is 1. The first-order valence-electron chi connectivity index (χ1n) is 3.46. The lowest BCUT2D eigenvalue weighted by molar-refractivity contribution is 0.377. The zero-order valence-corrected chi connectivity index (χ0v) is 6.42. The normalized spacial score (nSPS) is 22.7. The van der Waals surface area contributed by atoms with Gasteiger partial charge in [-0.25, -0.2) is 9.38 Å². The van der Waals surface area contributed by atoms with E-state index >= 15 is 0 Å². The van der Waals surface area contributed by atoms with Gasteiger partial charge in [-0.05, 0) is 18.6 Å². The molecule has 1 rings (SSSR count). The molecule has 0 spiro atoms. The van der Waals surface area contributed by atoms with E-state index in [1.807, 2.05) is 12.2 Å². The van der Waals surface area contributed by atoms with Gasteiger partial charge in [-0.1, -0.05) is 24.8 Å². The summed E-state index contributed by atoms with van der Waals surface area (Å²) in [5.74, 6) is 0. The largest absolute Gasteiger partial charge is 0.249 e. The summed E-state index contributed by atoms with van der Waals surface area (Å²) in [6, 6.07) is 0. The molecular formula is C9H10FN. The average molecular weight is 151 g/mol. The van der Waals surface area contributed by atoms with Crippen LogP contribution in [0, 0.1) is 0 Å². The molecule has 0 aromatic rings. The summed E-state index contributed by atoms with van der Waals surface area (Å²) in [4.78, 5) is 3.73. The third-order valence-electron chi connectivity index (χ3n) is 1.31. The van der Waals surface area contributed by atoms with Gasteiger partial charge in [0, 0.05) is 0 Å². The number of aliphatic imine (C=N–C) groups is 1. The van der Waals surface area contributed by atoms with Crippen LogP contribution in [0.3, 0.4) is 0 Å². The molecule has 2 heteroatoms. The Labute approximate surface area is 65.6 Å². The van der Waals surface area contributed by atoms with E-state index < -0.39 is 6.30 Å². The van der Waals surface area contributed by atoms with Crippen LogP contribution in [-0.2, 0) is 0 Å².